The number of amides is 1. The van der Waals surface area contributed by atoms with Crippen molar-refractivity contribution in [1.82, 2.24) is 19.4 Å². The van der Waals surface area contributed by atoms with E-state index in [1.807, 2.05) is 60.8 Å². The highest BCUT2D eigenvalue weighted by Crippen LogP contribution is 2.11. The first-order valence-corrected chi connectivity index (χ1v) is 7.81. The minimum absolute atomic E-state index is 0.240. The predicted octanol–water partition coefficient (Wildman–Crippen LogP) is 3.01. The topological polar surface area (TPSA) is 64.7 Å². The molecule has 0 aliphatic carbocycles. The fourth-order valence-corrected chi connectivity index (χ4v) is 2.52. The van der Waals surface area contributed by atoms with Crippen LogP contribution in [-0.2, 0) is 4.79 Å². The zero-order valence-electron chi connectivity index (χ0n) is 13.3. The van der Waals surface area contributed by atoms with E-state index in [0.717, 1.165) is 22.3 Å². The van der Waals surface area contributed by atoms with E-state index in [1.54, 1.807) is 28.0 Å². The van der Waals surface area contributed by atoms with E-state index in [0.29, 0.717) is 0 Å². The monoisotopic (exact) mass is 329 g/mol. The third-order valence-corrected chi connectivity index (χ3v) is 3.73. The lowest BCUT2D eigenvalue weighted by atomic mass is 10.3. The van der Waals surface area contributed by atoms with Gasteiger partial charge >= 0.3 is 0 Å². The van der Waals surface area contributed by atoms with Gasteiger partial charge in [-0.25, -0.2) is 14.3 Å². The first kappa shape index (κ1) is 14.9. The Balaban J connectivity index is 1.47. The van der Waals surface area contributed by atoms with Crippen molar-refractivity contribution in [2.45, 2.75) is 0 Å². The Morgan fingerprint density at radius 2 is 1.84 bits per heavy atom. The zero-order valence-corrected chi connectivity index (χ0v) is 13.3. The molecular formula is C19H15N5O. The Hall–Kier alpha value is -3.67. The lowest BCUT2D eigenvalue weighted by molar-refractivity contribution is -0.112. The fourth-order valence-electron chi connectivity index (χ4n) is 2.52. The summed E-state index contributed by atoms with van der Waals surface area (Å²) in [6.45, 7) is 0. The van der Waals surface area contributed by atoms with Crippen LogP contribution in [-0.4, -0.2) is 25.3 Å². The fraction of sp³-hybridized carbons (Fsp3) is 0. The lowest BCUT2D eigenvalue weighted by Gasteiger charge is -2.03. The molecule has 1 N–H and O–H groups in total. The van der Waals surface area contributed by atoms with E-state index in [-0.39, 0.29) is 5.91 Å². The molecule has 0 aliphatic rings. The molecule has 2 heterocycles. The van der Waals surface area contributed by atoms with Crippen molar-refractivity contribution in [3.05, 3.63) is 85.0 Å². The summed E-state index contributed by atoms with van der Waals surface area (Å²) in [7, 11) is 0. The van der Waals surface area contributed by atoms with E-state index in [2.05, 4.69) is 15.5 Å². The van der Waals surface area contributed by atoms with E-state index >= 15 is 0 Å². The maximum Gasteiger partial charge on any atom is 0.262 e. The van der Waals surface area contributed by atoms with Crippen LogP contribution in [0.2, 0.25) is 0 Å². The SMILES string of the molecule is O=C(/C=C/c1cnn(-c2ccccc2)c1)Nn1cnc2ccccc21. The highest BCUT2D eigenvalue weighted by atomic mass is 16.2. The summed E-state index contributed by atoms with van der Waals surface area (Å²) in [5, 5.41) is 4.30. The summed E-state index contributed by atoms with van der Waals surface area (Å²) in [6.07, 6.45) is 8.36. The molecule has 122 valence electrons. The molecule has 0 aliphatic heterocycles. The van der Waals surface area contributed by atoms with Gasteiger partial charge in [0.1, 0.15) is 6.33 Å². The van der Waals surface area contributed by atoms with Crippen LogP contribution in [0.5, 0.6) is 0 Å². The number of nitrogens with one attached hydrogen (secondary N) is 1. The minimum Gasteiger partial charge on any atom is -0.268 e. The van der Waals surface area contributed by atoms with Crippen LogP contribution in [0.1, 0.15) is 5.56 Å². The number of hydrogen-bond donors (Lipinski definition) is 1. The van der Waals surface area contributed by atoms with Crippen molar-refractivity contribution >= 4 is 23.0 Å². The molecule has 2 aromatic heterocycles. The van der Waals surface area contributed by atoms with Gasteiger partial charge in [-0.05, 0) is 30.3 Å². The van der Waals surface area contributed by atoms with Gasteiger partial charge in [0, 0.05) is 17.8 Å². The van der Waals surface area contributed by atoms with Gasteiger partial charge < -0.3 is 0 Å². The molecule has 6 nitrogen and oxygen atoms in total. The standard InChI is InChI=1S/C19H15N5O/c25-19(22-24-14-20-17-8-4-5-9-18(17)24)11-10-15-12-21-23(13-15)16-6-2-1-3-7-16/h1-14H,(H,22,25)/b11-10+. The normalized spacial score (nSPS) is 11.2. The van der Waals surface area contributed by atoms with Crippen molar-refractivity contribution in [3.63, 3.8) is 0 Å². The minimum atomic E-state index is -0.240. The Morgan fingerprint density at radius 1 is 1.04 bits per heavy atom. The largest absolute Gasteiger partial charge is 0.268 e. The molecule has 4 aromatic rings. The van der Waals surface area contributed by atoms with Gasteiger partial charge in [0.05, 0.1) is 22.9 Å². The molecule has 0 bridgehead atoms. The van der Waals surface area contributed by atoms with Crippen molar-refractivity contribution < 1.29 is 4.79 Å². The van der Waals surface area contributed by atoms with E-state index in [1.165, 1.54) is 6.08 Å². The summed E-state index contributed by atoms with van der Waals surface area (Å²) in [6, 6.07) is 17.4. The summed E-state index contributed by atoms with van der Waals surface area (Å²) in [5.74, 6) is -0.240. The third-order valence-electron chi connectivity index (χ3n) is 3.73. The molecule has 6 heteroatoms. The van der Waals surface area contributed by atoms with Crippen molar-refractivity contribution in [3.8, 4) is 5.69 Å². The first-order chi connectivity index (χ1) is 12.3. The van der Waals surface area contributed by atoms with E-state index < -0.39 is 0 Å². The summed E-state index contributed by atoms with van der Waals surface area (Å²) in [5.41, 5.74) is 6.26. The van der Waals surface area contributed by atoms with Gasteiger partial charge in [-0.15, -0.1) is 0 Å². The molecule has 25 heavy (non-hydrogen) atoms. The number of nitrogens with zero attached hydrogens (tertiary/aromatic N) is 4. The summed E-state index contributed by atoms with van der Waals surface area (Å²) < 4.78 is 3.37. The highest BCUT2D eigenvalue weighted by molar-refractivity contribution is 5.98. The average Bonchev–Trinajstić information content (AvgIpc) is 3.28. The number of imidazole rings is 1. The second-order valence-electron chi connectivity index (χ2n) is 5.47. The molecule has 2 aromatic carbocycles. The van der Waals surface area contributed by atoms with Gasteiger partial charge in [0.15, 0.2) is 0 Å². The Bertz CT molecular complexity index is 1050. The van der Waals surface area contributed by atoms with Crippen LogP contribution in [0.4, 0.5) is 0 Å². The maximum atomic E-state index is 12.1. The van der Waals surface area contributed by atoms with Crippen LogP contribution in [0, 0.1) is 0 Å². The highest BCUT2D eigenvalue weighted by Gasteiger charge is 2.03. The summed E-state index contributed by atoms with van der Waals surface area (Å²) in [4.78, 5) is 16.4. The molecule has 0 saturated carbocycles. The third kappa shape index (κ3) is 3.18. The lowest BCUT2D eigenvalue weighted by Crippen LogP contribution is -2.19. The molecule has 4 rings (SSSR count). The Labute approximate surface area is 144 Å². The van der Waals surface area contributed by atoms with Gasteiger partial charge in [-0.3, -0.25) is 10.2 Å². The maximum absolute atomic E-state index is 12.1. The Kier molecular flexibility index (Phi) is 3.84. The predicted molar refractivity (Wildman–Crippen MR) is 96.7 cm³/mol. The molecule has 0 atom stereocenters. The number of aromatic nitrogens is 4. The van der Waals surface area contributed by atoms with E-state index in [9.17, 15) is 4.79 Å². The number of carbonyl (C=O) groups excluding carboxylic acids is 1. The molecule has 0 unspecified atom stereocenters. The van der Waals surface area contributed by atoms with Crippen LogP contribution in [0.3, 0.4) is 0 Å². The van der Waals surface area contributed by atoms with Crippen molar-refractivity contribution in [2.24, 2.45) is 0 Å². The number of carbonyl (C=O) groups is 1. The number of rotatable bonds is 4. The van der Waals surface area contributed by atoms with Gasteiger partial charge in [-0.1, -0.05) is 30.3 Å². The van der Waals surface area contributed by atoms with Gasteiger partial charge in [0.2, 0.25) is 0 Å². The number of hydrogen-bond acceptors (Lipinski definition) is 3. The second kappa shape index (κ2) is 6.45. The van der Waals surface area contributed by atoms with Crippen LogP contribution >= 0.6 is 0 Å². The van der Waals surface area contributed by atoms with Crippen LogP contribution in [0.25, 0.3) is 22.8 Å². The van der Waals surface area contributed by atoms with Crippen molar-refractivity contribution in [2.75, 3.05) is 5.43 Å². The molecular weight excluding hydrogens is 314 g/mol. The van der Waals surface area contributed by atoms with Gasteiger partial charge in [-0.2, -0.15) is 5.10 Å². The molecule has 0 saturated heterocycles. The van der Waals surface area contributed by atoms with E-state index in [4.69, 9.17) is 0 Å². The van der Waals surface area contributed by atoms with Crippen molar-refractivity contribution in [1.29, 1.82) is 0 Å². The second-order valence-corrected chi connectivity index (χ2v) is 5.47. The number of benzene rings is 2. The van der Waals surface area contributed by atoms with Crippen LogP contribution < -0.4 is 5.43 Å². The number of fused-ring (bicyclic) bond motifs is 1. The number of para-hydroxylation sites is 3. The molecule has 1 amide bonds. The Morgan fingerprint density at radius 3 is 2.72 bits per heavy atom. The molecule has 0 radical (unpaired) electrons. The first-order valence-electron chi connectivity index (χ1n) is 7.81. The average molecular weight is 329 g/mol. The molecule has 0 fully saturated rings. The summed E-state index contributed by atoms with van der Waals surface area (Å²) >= 11 is 0. The molecule has 0 spiro atoms. The van der Waals surface area contributed by atoms with Gasteiger partial charge in [0.25, 0.3) is 5.91 Å². The zero-order chi connectivity index (χ0) is 17.1. The quantitative estimate of drug-likeness (QED) is 0.585. The van der Waals surface area contributed by atoms with Crippen LogP contribution in [0.15, 0.2) is 79.4 Å². The smallest absolute Gasteiger partial charge is 0.262 e.